The van der Waals surface area contributed by atoms with E-state index < -0.39 is 0 Å². The number of hydrogen-bond acceptors (Lipinski definition) is 0. The monoisotopic (exact) mass is 154 g/mol. The van der Waals surface area contributed by atoms with Gasteiger partial charge in [0.1, 0.15) is 0 Å². The maximum absolute atomic E-state index is 5.76. The maximum Gasteiger partial charge on any atom is 0.0832 e. The van der Waals surface area contributed by atoms with Crippen molar-refractivity contribution < 1.29 is 0 Å². The van der Waals surface area contributed by atoms with Crippen molar-refractivity contribution in [2.75, 3.05) is 0 Å². The van der Waals surface area contributed by atoms with Crippen molar-refractivity contribution in [1.82, 2.24) is 9.78 Å². The van der Waals surface area contributed by atoms with Crippen LogP contribution in [0.5, 0.6) is 0 Å². The van der Waals surface area contributed by atoms with Crippen LogP contribution in [0.2, 0.25) is 5.02 Å². The van der Waals surface area contributed by atoms with E-state index in [-0.39, 0.29) is 0 Å². The fourth-order valence-corrected chi connectivity index (χ4v) is 1.23. The van der Waals surface area contributed by atoms with Gasteiger partial charge in [-0.15, -0.1) is 0 Å². The highest BCUT2D eigenvalue weighted by Gasteiger charge is 1.99. The molecule has 0 unspecified atom stereocenters. The number of H-pyrrole nitrogens is 1. The quantitative estimate of drug-likeness (QED) is 0.601. The van der Waals surface area contributed by atoms with Crippen LogP contribution in [0.3, 0.4) is 0 Å². The second-order valence-corrected chi connectivity index (χ2v) is 2.77. The van der Waals surface area contributed by atoms with Crippen LogP contribution in [0, 0.1) is 0 Å². The third kappa shape index (κ3) is 0.656. The lowest BCUT2D eigenvalue weighted by atomic mass is 10.3. The first kappa shape index (κ1) is 5.86. The number of aromatic nitrogens is 2. The largest absolute Gasteiger partial charge is 0.296 e. The first-order valence-corrected chi connectivity index (χ1v) is 3.45. The van der Waals surface area contributed by atoms with Crippen molar-refractivity contribution in [3.8, 4) is 0 Å². The zero-order chi connectivity index (χ0) is 7.14. The fourth-order valence-electron chi connectivity index (χ4n) is 1.06. The van der Waals surface area contributed by atoms with Gasteiger partial charge in [-0.05, 0) is 18.2 Å². The van der Waals surface area contributed by atoms with Gasteiger partial charge < -0.3 is 0 Å². The number of halogens is 1. The zero-order valence-electron chi connectivity index (χ0n) is 5.56. The lowest BCUT2D eigenvalue weighted by Gasteiger charge is -2.10. The van der Waals surface area contributed by atoms with Crippen LogP contribution in [0.1, 0.15) is 0 Å². The summed E-state index contributed by atoms with van der Waals surface area (Å²) in [5.41, 5.74) is 2.31. The molecule has 0 fully saturated rings. The van der Waals surface area contributed by atoms with E-state index in [4.69, 9.17) is 11.6 Å². The van der Waals surface area contributed by atoms with Gasteiger partial charge in [0.25, 0.3) is 0 Å². The molecule has 0 bridgehead atoms. The Balaban J connectivity index is 2.75. The number of rotatable bonds is 0. The standard InChI is InChI=1S/C7H7ClN2/c1-10-7-4-5(8)2-3-6(7)9-10/h2-4,9H,1H3. The Morgan fingerprint density at radius 1 is 1.50 bits per heavy atom. The molecule has 2 nitrogen and oxygen atoms in total. The van der Waals surface area contributed by atoms with Gasteiger partial charge in [0.15, 0.2) is 0 Å². The van der Waals surface area contributed by atoms with Crippen LogP contribution < -0.4 is 0 Å². The van der Waals surface area contributed by atoms with E-state index in [1.165, 1.54) is 0 Å². The maximum atomic E-state index is 5.76. The van der Waals surface area contributed by atoms with Crippen LogP contribution in [-0.2, 0) is 7.05 Å². The summed E-state index contributed by atoms with van der Waals surface area (Å²) in [6.07, 6.45) is 0. The first-order chi connectivity index (χ1) is 4.77. The summed E-state index contributed by atoms with van der Waals surface area (Å²) in [6, 6.07) is 5.78. The Hall–Kier alpha value is -0.890. The van der Waals surface area contributed by atoms with Crippen molar-refractivity contribution in [3.05, 3.63) is 23.2 Å². The number of benzene rings is 1. The third-order valence-corrected chi connectivity index (χ3v) is 1.84. The van der Waals surface area contributed by atoms with Crippen LogP contribution in [0.4, 0.5) is 0 Å². The number of nitrogens with zero attached hydrogens (tertiary/aromatic N) is 1. The highest BCUT2D eigenvalue weighted by Crippen LogP contribution is 2.18. The lowest BCUT2D eigenvalue weighted by Crippen LogP contribution is -2.04. The topological polar surface area (TPSA) is 20.7 Å². The molecule has 0 aliphatic rings. The van der Waals surface area contributed by atoms with Gasteiger partial charge >= 0.3 is 0 Å². The summed E-state index contributed by atoms with van der Waals surface area (Å²) in [7, 11) is 1.96. The van der Waals surface area contributed by atoms with E-state index in [0.717, 1.165) is 16.1 Å². The minimum Gasteiger partial charge on any atom is -0.296 e. The van der Waals surface area contributed by atoms with Gasteiger partial charge in [0, 0.05) is 12.1 Å². The number of hydrogen-bond donors (Lipinski definition) is 1. The normalized spacial score (nSPS) is 11.0. The molecule has 2 aromatic rings. The van der Waals surface area contributed by atoms with Crippen LogP contribution in [-0.4, -0.2) is 9.78 Å². The van der Waals surface area contributed by atoms with Gasteiger partial charge in [-0.2, -0.15) is 0 Å². The predicted octanol–water partition coefficient (Wildman–Crippen LogP) is 2.16. The smallest absolute Gasteiger partial charge is 0.0832 e. The Labute approximate surface area is 63.4 Å². The molecule has 1 aromatic heterocycles. The van der Waals surface area contributed by atoms with E-state index in [1.54, 1.807) is 0 Å². The Kier molecular flexibility index (Phi) is 1.05. The molecular weight excluding hydrogens is 148 g/mol. The summed E-state index contributed by atoms with van der Waals surface area (Å²) >= 11 is 5.76. The molecule has 0 radical (unpaired) electrons. The SMILES string of the molecule is Cn1[nH]c2ccc(Cl)cc21. The molecule has 0 aliphatic carbocycles. The van der Waals surface area contributed by atoms with E-state index in [2.05, 4.69) is 5.10 Å². The summed E-state index contributed by atoms with van der Waals surface area (Å²) in [5.74, 6) is 0. The molecule has 2 rings (SSSR count). The molecule has 0 spiro atoms. The molecule has 0 aliphatic heterocycles. The first-order valence-electron chi connectivity index (χ1n) is 3.07. The average molecular weight is 155 g/mol. The van der Waals surface area contributed by atoms with Gasteiger partial charge in [-0.3, -0.25) is 9.78 Å². The minimum absolute atomic E-state index is 0.784. The fraction of sp³-hybridized carbons (Fsp3) is 0.143. The summed E-state index contributed by atoms with van der Waals surface area (Å²) in [6.45, 7) is 0. The number of aryl methyl sites for hydroxylation is 1. The number of fused-ring (bicyclic) bond motifs is 1. The van der Waals surface area contributed by atoms with Gasteiger partial charge in [-0.1, -0.05) is 11.6 Å². The van der Waals surface area contributed by atoms with Crippen molar-refractivity contribution >= 4 is 22.6 Å². The lowest BCUT2D eigenvalue weighted by molar-refractivity contribution is 0.762. The van der Waals surface area contributed by atoms with Crippen LogP contribution in [0.25, 0.3) is 11.0 Å². The number of nitrogens with one attached hydrogen (secondary N) is 1. The Morgan fingerprint density at radius 3 is 2.90 bits per heavy atom. The van der Waals surface area contributed by atoms with Gasteiger partial charge in [0.05, 0.1) is 11.0 Å². The molecule has 0 amide bonds. The van der Waals surface area contributed by atoms with Crippen molar-refractivity contribution in [3.63, 3.8) is 0 Å². The van der Waals surface area contributed by atoms with Crippen molar-refractivity contribution in [2.45, 2.75) is 0 Å². The second-order valence-electron chi connectivity index (χ2n) is 2.33. The van der Waals surface area contributed by atoms with Gasteiger partial charge in [0.2, 0.25) is 0 Å². The van der Waals surface area contributed by atoms with Crippen LogP contribution in [0.15, 0.2) is 18.2 Å². The molecule has 0 atom stereocenters. The third-order valence-electron chi connectivity index (χ3n) is 1.61. The molecule has 1 aromatic carbocycles. The molecule has 10 heavy (non-hydrogen) atoms. The van der Waals surface area contributed by atoms with Crippen LogP contribution >= 0.6 is 11.6 Å². The van der Waals surface area contributed by atoms with E-state index in [1.807, 2.05) is 29.9 Å². The van der Waals surface area contributed by atoms with E-state index >= 15 is 0 Å². The number of aromatic amines is 1. The molecule has 0 saturated carbocycles. The molecular formula is C7H7ClN2. The predicted molar refractivity (Wildman–Crippen MR) is 42.3 cm³/mol. The summed E-state index contributed by atoms with van der Waals surface area (Å²) in [4.78, 5) is 0. The Bertz CT molecular complexity index is 355. The molecule has 0 saturated heterocycles. The van der Waals surface area contributed by atoms with E-state index in [9.17, 15) is 0 Å². The highest BCUT2D eigenvalue weighted by molar-refractivity contribution is 6.31. The van der Waals surface area contributed by atoms with E-state index in [0.29, 0.717) is 0 Å². The highest BCUT2D eigenvalue weighted by atomic mass is 35.5. The molecule has 52 valence electrons. The Morgan fingerprint density at radius 2 is 2.30 bits per heavy atom. The molecule has 3 heteroatoms. The second kappa shape index (κ2) is 1.80. The van der Waals surface area contributed by atoms with Crippen molar-refractivity contribution in [1.29, 1.82) is 0 Å². The minimum atomic E-state index is 0.784. The average Bonchev–Trinajstić information content (AvgIpc) is 1.92. The summed E-state index contributed by atoms with van der Waals surface area (Å²) < 4.78 is 1.93. The summed E-state index contributed by atoms with van der Waals surface area (Å²) in [5, 5.41) is 3.87. The van der Waals surface area contributed by atoms with Gasteiger partial charge in [-0.25, -0.2) is 0 Å². The molecule has 1 N–H and O–H groups in total. The molecule has 1 heterocycles. The van der Waals surface area contributed by atoms with Crippen molar-refractivity contribution in [2.24, 2.45) is 7.05 Å². The zero-order valence-corrected chi connectivity index (χ0v) is 6.31.